The highest BCUT2D eigenvalue weighted by Gasteiger charge is 2.51. The van der Waals surface area contributed by atoms with E-state index in [4.69, 9.17) is 4.74 Å². The highest BCUT2D eigenvalue weighted by molar-refractivity contribution is 5.89. The lowest BCUT2D eigenvalue weighted by atomic mass is 9.71. The fraction of sp³-hybridized carbons (Fsp3) is 0.500. The number of amides is 1. The summed E-state index contributed by atoms with van der Waals surface area (Å²) < 4.78 is 5.71. The molecule has 0 spiro atoms. The van der Waals surface area contributed by atoms with E-state index in [-0.39, 0.29) is 0 Å². The molecule has 33 heavy (non-hydrogen) atoms. The molecule has 3 fully saturated rings. The van der Waals surface area contributed by atoms with Crippen LogP contribution < -0.4 is 0 Å². The second-order valence-corrected chi connectivity index (χ2v) is 10.5. The van der Waals surface area contributed by atoms with Crippen LogP contribution in [0.4, 0.5) is 0 Å². The quantitative estimate of drug-likeness (QED) is 0.622. The standard InChI is InChI=1S/C28H33N3O2/c1-19-2-5-23(6-3-19)28(10-12-33-13-11-28)27(32)31-24-7-8-25(31)17-21(16-24)14-20-4-9-26-22(15-20)18-29-30-26/h2-6,9,15,18,21,24-25H,7-8,10-14,16-17H2,1H3,(H,29,30). The summed E-state index contributed by atoms with van der Waals surface area (Å²) in [5.74, 6) is 1.00. The van der Waals surface area contributed by atoms with Crippen LogP contribution in [-0.2, 0) is 21.4 Å². The van der Waals surface area contributed by atoms with Gasteiger partial charge < -0.3 is 9.64 Å². The number of nitrogens with zero attached hydrogens (tertiary/aromatic N) is 2. The number of aromatic amines is 1. The minimum atomic E-state index is -0.425. The predicted molar refractivity (Wildman–Crippen MR) is 129 cm³/mol. The Kier molecular flexibility index (Phi) is 5.25. The average Bonchev–Trinajstić information content (AvgIpc) is 3.41. The third-order valence-electron chi connectivity index (χ3n) is 8.45. The molecule has 6 rings (SSSR count). The Bertz CT molecular complexity index is 1130. The molecule has 0 aliphatic carbocycles. The second-order valence-electron chi connectivity index (χ2n) is 10.5. The van der Waals surface area contributed by atoms with Gasteiger partial charge in [0.2, 0.25) is 5.91 Å². The van der Waals surface area contributed by atoms with E-state index in [9.17, 15) is 4.79 Å². The lowest BCUT2D eigenvalue weighted by Gasteiger charge is -2.46. The highest BCUT2D eigenvalue weighted by atomic mass is 16.5. The molecule has 3 aliphatic heterocycles. The first-order valence-electron chi connectivity index (χ1n) is 12.5. The third kappa shape index (κ3) is 3.67. The van der Waals surface area contributed by atoms with E-state index in [0.29, 0.717) is 37.1 Å². The number of H-pyrrole nitrogens is 1. The number of aromatic nitrogens is 2. The van der Waals surface area contributed by atoms with Crippen LogP contribution in [0.2, 0.25) is 0 Å². The van der Waals surface area contributed by atoms with Crippen molar-refractivity contribution in [2.24, 2.45) is 5.92 Å². The fourth-order valence-corrected chi connectivity index (χ4v) is 6.71. The van der Waals surface area contributed by atoms with Crippen LogP contribution in [0.25, 0.3) is 10.9 Å². The Hall–Kier alpha value is -2.66. The molecule has 3 saturated heterocycles. The molecule has 3 aliphatic rings. The smallest absolute Gasteiger partial charge is 0.233 e. The van der Waals surface area contributed by atoms with Crippen molar-refractivity contribution in [3.05, 3.63) is 65.4 Å². The van der Waals surface area contributed by atoms with Gasteiger partial charge in [0.05, 0.1) is 17.1 Å². The average molecular weight is 444 g/mol. The molecule has 2 bridgehead atoms. The molecule has 5 heteroatoms. The number of benzene rings is 2. The molecule has 0 radical (unpaired) electrons. The van der Waals surface area contributed by atoms with E-state index in [1.807, 2.05) is 6.20 Å². The molecule has 3 aromatic rings. The Morgan fingerprint density at radius 3 is 2.55 bits per heavy atom. The lowest BCUT2D eigenvalue weighted by Crippen LogP contribution is -2.56. The number of hydrogen-bond acceptors (Lipinski definition) is 3. The normalized spacial score (nSPS) is 26.6. The number of aryl methyl sites for hydroxylation is 1. The van der Waals surface area contributed by atoms with E-state index in [1.165, 1.54) is 22.1 Å². The SMILES string of the molecule is Cc1ccc(C2(C(=O)N3C4CCC3CC(Cc3ccc5[nH]ncc5c3)C4)CCOCC2)cc1. The molecule has 2 atom stereocenters. The Morgan fingerprint density at radius 1 is 1.09 bits per heavy atom. The summed E-state index contributed by atoms with van der Waals surface area (Å²) in [5, 5.41) is 8.38. The lowest BCUT2D eigenvalue weighted by molar-refractivity contribution is -0.146. The van der Waals surface area contributed by atoms with Gasteiger partial charge >= 0.3 is 0 Å². The van der Waals surface area contributed by atoms with Crippen molar-refractivity contribution in [1.29, 1.82) is 0 Å². The van der Waals surface area contributed by atoms with Crippen molar-refractivity contribution in [2.45, 2.75) is 69.4 Å². The minimum absolute atomic E-state index is 0.361. The number of ether oxygens (including phenoxy) is 1. The van der Waals surface area contributed by atoms with Crippen LogP contribution in [0, 0.1) is 12.8 Å². The van der Waals surface area contributed by atoms with Gasteiger partial charge in [0.1, 0.15) is 0 Å². The summed E-state index contributed by atoms with van der Waals surface area (Å²) in [4.78, 5) is 16.6. The van der Waals surface area contributed by atoms with E-state index >= 15 is 0 Å². The van der Waals surface area contributed by atoms with Crippen LogP contribution in [-0.4, -0.2) is 46.3 Å². The van der Waals surface area contributed by atoms with Gasteiger partial charge in [-0.2, -0.15) is 5.10 Å². The van der Waals surface area contributed by atoms with Crippen molar-refractivity contribution in [1.82, 2.24) is 15.1 Å². The summed E-state index contributed by atoms with van der Waals surface area (Å²) in [5.41, 5.74) is 4.47. The number of fused-ring (bicyclic) bond motifs is 3. The summed E-state index contributed by atoms with van der Waals surface area (Å²) in [7, 11) is 0. The van der Waals surface area contributed by atoms with Crippen LogP contribution in [0.5, 0.6) is 0 Å². The number of piperidine rings is 1. The number of nitrogens with one attached hydrogen (secondary N) is 1. The van der Waals surface area contributed by atoms with E-state index in [2.05, 4.69) is 64.5 Å². The van der Waals surface area contributed by atoms with Gasteiger partial charge in [-0.1, -0.05) is 35.9 Å². The first-order chi connectivity index (χ1) is 16.1. The molecule has 2 unspecified atom stereocenters. The van der Waals surface area contributed by atoms with Crippen molar-refractivity contribution in [3.8, 4) is 0 Å². The summed E-state index contributed by atoms with van der Waals surface area (Å²) in [6.45, 7) is 3.45. The molecule has 1 N–H and O–H groups in total. The van der Waals surface area contributed by atoms with Crippen molar-refractivity contribution < 1.29 is 9.53 Å². The van der Waals surface area contributed by atoms with Gasteiger partial charge in [0, 0.05) is 30.7 Å². The Balaban J connectivity index is 1.22. The maximum atomic E-state index is 14.3. The van der Waals surface area contributed by atoms with Crippen molar-refractivity contribution >= 4 is 16.8 Å². The summed E-state index contributed by atoms with van der Waals surface area (Å²) >= 11 is 0. The van der Waals surface area contributed by atoms with Crippen molar-refractivity contribution in [3.63, 3.8) is 0 Å². The predicted octanol–water partition coefficient (Wildman–Crippen LogP) is 4.93. The number of hydrogen-bond donors (Lipinski definition) is 1. The van der Waals surface area contributed by atoms with Crippen molar-refractivity contribution in [2.75, 3.05) is 13.2 Å². The molecule has 172 valence electrons. The third-order valence-corrected chi connectivity index (χ3v) is 8.45. The largest absolute Gasteiger partial charge is 0.381 e. The van der Waals surface area contributed by atoms with E-state index in [1.54, 1.807) is 0 Å². The van der Waals surface area contributed by atoms with Crippen LogP contribution >= 0.6 is 0 Å². The summed E-state index contributed by atoms with van der Waals surface area (Å²) in [6, 6.07) is 16.1. The van der Waals surface area contributed by atoms with E-state index in [0.717, 1.165) is 50.5 Å². The first kappa shape index (κ1) is 20.9. The molecular formula is C28H33N3O2. The number of rotatable bonds is 4. The van der Waals surface area contributed by atoms with Gasteiger partial charge in [0.15, 0.2) is 0 Å². The number of carbonyl (C=O) groups is 1. The highest BCUT2D eigenvalue weighted by Crippen LogP contribution is 2.45. The maximum absolute atomic E-state index is 14.3. The van der Waals surface area contributed by atoms with E-state index < -0.39 is 5.41 Å². The molecule has 2 aromatic carbocycles. The summed E-state index contributed by atoms with van der Waals surface area (Å²) in [6.07, 6.45) is 9.11. The maximum Gasteiger partial charge on any atom is 0.233 e. The zero-order chi connectivity index (χ0) is 22.4. The number of carbonyl (C=O) groups excluding carboxylic acids is 1. The van der Waals surface area contributed by atoms with Gasteiger partial charge in [-0.25, -0.2) is 0 Å². The molecule has 4 heterocycles. The fourth-order valence-electron chi connectivity index (χ4n) is 6.71. The van der Waals surface area contributed by atoms with Gasteiger partial charge in [-0.05, 0) is 81.0 Å². The zero-order valence-corrected chi connectivity index (χ0v) is 19.4. The molecule has 1 aromatic heterocycles. The van der Waals surface area contributed by atoms with Crippen LogP contribution in [0.1, 0.15) is 55.2 Å². The van der Waals surface area contributed by atoms with Gasteiger partial charge in [-0.3, -0.25) is 9.89 Å². The molecular weight excluding hydrogens is 410 g/mol. The van der Waals surface area contributed by atoms with Gasteiger partial charge in [-0.15, -0.1) is 0 Å². The topological polar surface area (TPSA) is 58.2 Å². The van der Waals surface area contributed by atoms with Crippen LogP contribution in [0.3, 0.4) is 0 Å². The monoisotopic (exact) mass is 443 g/mol. The molecule has 5 nitrogen and oxygen atoms in total. The molecule has 1 amide bonds. The Labute approximate surface area is 195 Å². The first-order valence-corrected chi connectivity index (χ1v) is 12.5. The van der Waals surface area contributed by atoms with Crippen LogP contribution in [0.15, 0.2) is 48.7 Å². The molecule has 0 saturated carbocycles. The Morgan fingerprint density at radius 2 is 1.82 bits per heavy atom. The zero-order valence-electron chi connectivity index (χ0n) is 19.4. The minimum Gasteiger partial charge on any atom is -0.381 e. The van der Waals surface area contributed by atoms with Gasteiger partial charge in [0.25, 0.3) is 0 Å². The second kappa shape index (κ2) is 8.28.